The van der Waals surface area contributed by atoms with E-state index in [1.807, 2.05) is 36.5 Å². The van der Waals surface area contributed by atoms with Gasteiger partial charge in [0, 0.05) is 15.6 Å². The number of carbonyl (C=O) groups is 1. The van der Waals surface area contributed by atoms with Gasteiger partial charge in [0.1, 0.15) is 18.7 Å². The summed E-state index contributed by atoms with van der Waals surface area (Å²) in [4.78, 5) is 16.3. The standard InChI is InChI=1S/C18H17Cl2N5O/c1-12(14-4-2-3-5-15(14)20)22-9-18(26)24-16-8-13(19)6-7-17(16)25-11-21-10-23-25/h2-8,10-12,22H,9H2,1H3,(H,24,26)/p+1/t12-/m1/s1. The summed E-state index contributed by atoms with van der Waals surface area (Å²) in [5.41, 5.74) is 2.26. The second kappa shape index (κ2) is 8.31. The van der Waals surface area contributed by atoms with Crippen LogP contribution in [0.3, 0.4) is 0 Å². The molecule has 3 aromatic rings. The predicted octanol–water partition coefficient (Wildman–Crippen LogP) is 2.84. The molecule has 0 fully saturated rings. The van der Waals surface area contributed by atoms with Crippen LogP contribution >= 0.6 is 23.2 Å². The molecule has 0 aliphatic heterocycles. The Balaban J connectivity index is 1.67. The first-order chi connectivity index (χ1) is 12.5. The van der Waals surface area contributed by atoms with Crippen LogP contribution in [0.15, 0.2) is 55.1 Å². The first-order valence-corrected chi connectivity index (χ1v) is 8.82. The van der Waals surface area contributed by atoms with Gasteiger partial charge in [0.15, 0.2) is 6.54 Å². The summed E-state index contributed by atoms with van der Waals surface area (Å²) < 4.78 is 1.57. The smallest absolute Gasteiger partial charge is 0.279 e. The van der Waals surface area contributed by atoms with Crippen molar-refractivity contribution in [3.63, 3.8) is 0 Å². The van der Waals surface area contributed by atoms with Crippen molar-refractivity contribution in [2.75, 3.05) is 11.9 Å². The Labute approximate surface area is 161 Å². The second-order valence-corrected chi connectivity index (χ2v) is 6.64. The minimum Gasteiger partial charge on any atom is -0.332 e. The van der Waals surface area contributed by atoms with Gasteiger partial charge in [-0.15, -0.1) is 0 Å². The van der Waals surface area contributed by atoms with Crippen molar-refractivity contribution < 1.29 is 10.1 Å². The summed E-state index contributed by atoms with van der Waals surface area (Å²) in [6.45, 7) is 2.25. The molecule has 0 saturated carbocycles. The summed E-state index contributed by atoms with van der Waals surface area (Å²) in [6, 6.07) is 12.9. The van der Waals surface area contributed by atoms with Crippen molar-refractivity contribution in [2.45, 2.75) is 13.0 Å². The number of anilines is 1. The third-order valence-corrected chi connectivity index (χ3v) is 4.53. The molecule has 0 radical (unpaired) electrons. The number of aromatic nitrogens is 3. The maximum Gasteiger partial charge on any atom is 0.279 e. The number of hydrogen-bond donors (Lipinski definition) is 2. The lowest BCUT2D eigenvalue weighted by atomic mass is 10.1. The SMILES string of the molecule is C[C@@H]([NH2+]CC(=O)Nc1cc(Cl)ccc1-n1cncn1)c1ccccc1Cl. The first-order valence-electron chi connectivity index (χ1n) is 8.07. The summed E-state index contributed by atoms with van der Waals surface area (Å²) in [7, 11) is 0. The van der Waals surface area contributed by atoms with E-state index in [0.717, 1.165) is 5.56 Å². The third-order valence-electron chi connectivity index (χ3n) is 3.95. The van der Waals surface area contributed by atoms with E-state index in [1.54, 1.807) is 29.2 Å². The zero-order chi connectivity index (χ0) is 18.5. The van der Waals surface area contributed by atoms with Crippen molar-refractivity contribution in [1.82, 2.24) is 14.8 Å². The molecule has 8 heteroatoms. The molecule has 1 heterocycles. The molecule has 6 nitrogen and oxygen atoms in total. The topological polar surface area (TPSA) is 76.4 Å². The molecule has 1 atom stereocenters. The maximum absolute atomic E-state index is 12.4. The first kappa shape index (κ1) is 18.4. The quantitative estimate of drug-likeness (QED) is 0.679. The number of nitrogens with one attached hydrogen (secondary N) is 1. The molecule has 1 aromatic heterocycles. The number of nitrogens with zero attached hydrogens (tertiary/aromatic N) is 3. The zero-order valence-electron chi connectivity index (χ0n) is 14.1. The molecule has 3 N–H and O–H groups in total. The average molecular weight is 391 g/mol. The molecule has 0 aliphatic rings. The van der Waals surface area contributed by atoms with Gasteiger partial charge in [-0.25, -0.2) is 9.67 Å². The van der Waals surface area contributed by atoms with E-state index in [2.05, 4.69) is 15.4 Å². The number of amides is 1. The van der Waals surface area contributed by atoms with Crippen LogP contribution in [0.1, 0.15) is 18.5 Å². The summed E-state index contributed by atoms with van der Waals surface area (Å²) in [5.74, 6) is -0.146. The fourth-order valence-corrected chi connectivity index (χ4v) is 3.08. The number of quaternary nitrogens is 1. The molecule has 26 heavy (non-hydrogen) atoms. The van der Waals surface area contributed by atoms with Gasteiger partial charge in [-0.2, -0.15) is 5.10 Å². The number of hydrogen-bond acceptors (Lipinski definition) is 3. The van der Waals surface area contributed by atoms with Crippen LogP contribution in [0.25, 0.3) is 5.69 Å². The van der Waals surface area contributed by atoms with Gasteiger partial charge < -0.3 is 10.6 Å². The minimum absolute atomic E-state index is 0.0589. The van der Waals surface area contributed by atoms with Crippen LogP contribution < -0.4 is 10.6 Å². The van der Waals surface area contributed by atoms with Crippen LogP contribution in [0.2, 0.25) is 10.0 Å². The Kier molecular flexibility index (Phi) is 5.88. The van der Waals surface area contributed by atoms with E-state index in [9.17, 15) is 4.79 Å². The highest BCUT2D eigenvalue weighted by Crippen LogP contribution is 2.24. The van der Waals surface area contributed by atoms with E-state index in [-0.39, 0.29) is 18.5 Å². The normalized spacial score (nSPS) is 12.0. The lowest BCUT2D eigenvalue weighted by Crippen LogP contribution is -2.86. The molecular formula is C18H18Cl2N5O+. The fraction of sp³-hybridized carbons (Fsp3) is 0.167. The van der Waals surface area contributed by atoms with Crippen molar-refractivity contribution in [1.29, 1.82) is 0 Å². The lowest BCUT2D eigenvalue weighted by Gasteiger charge is -2.14. The van der Waals surface area contributed by atoms with E-state index in [0.29, 0.717) is 21.4 Å². The predicted molar refractivity (Wildman–Crippen MR) is 102 cm³/mol. The van der Waals surface area contributed by atoms with Crippen molar-refractivity contribution in [2.24, 2.45) is 0 Å². The van der Waals surface area contributed by atoms with Gasteiger partial charge in [-0.1, -0.05) is 41.4 Å². The van der Waals surface area contributed by atoms with Crippen LogP contribution in [-0.2, 0) is 4.79 Å². The Bertz CT molecular complexity index is 898. The Morgan fingerprint density at radius 1 is 1.27 bits per heavy atom. The van der Waals surface area contributed by atoms with E-state index in [1.165, 1.54) is 6.33 Å². The summed E-state index contributed by atoms with van der Waals surface area (Å²) in [6.07, 6.45) is 2.99. The van der Waals surface area contributed by atoms with Crippen LogP contribution in [-0.4, -0.2) is 27.2 Å². The highest BCUT2D eigenvalue weighted by Gasteiger charge is 2.15. The van der Waals surface area contributed by atoms with Crippen molar-refractivity contribution >= 4 is 34.8 Å². The average Bonchev–Trinajstić information content (AvgIpc) is 3.14. The van der Waals surface area contributed by atoms with Gasteiger partial charge >= 0.3 is 0 Å². The number of rotatable bonds is 6. The zero-order valence-corrected chi connectivity index (χ0v) is 15.6. The number of halogens is 2. The van der Waals surface area contributed by atoms with Gasteiger partial charge in [-0.3, -0.25) is 4.79 Å². The second-order valence-electron chi connectivity index (χ2n) is 5.80. The molecule has 0 unspecified atom stereocenters. The number of benzene rings is 2. The molecule has 0 spiro atoms. The number of carbonyl (C=O) groups excluding carboxylic acids is 1. The molecule has 134 valence electrons. The molecule has 0 bridgehead atoms. The van der Waals surface area contributed by atoms with Crippen molar-refractivity contribution in [3.8, 4) is 5.69 Å². The van der Waals surface area contributed by atoms with E-state index >= 15 is 0 Å². The monoisotopic (exact) mass is 390 g/mol. The van der Waals surface area contributed by atoms with Gasteiger partial charge in [0.25, 0.3) is 5.91 Å². The van der Waals surface area contributed by atoms with Gasteiger partial charge in [0.05, 0.1) is 11.4 Å². The highest BCUT2D eigenvalue weighted by molar-refractivity contribution is 6.31. The highest BCUT2D eigenvalue weighted by atomic mass is 35.5. The van der Waals surface area contributed by atoms with Crippen LogP contribution in [0, 0.1) is 0 Å². The summed E-state index contributed by atoms with van der Waals surface area (Å²) >= 11 is 12.3. The van der Waals surface area contributed by atoms with Crippen molar-refractivity contribution in [3.05, 3.63) is 70.7 Å². The Hall–Kier alpha value is -2.41. The molecule has 3 rings (SSSR count). The molecule has 0 saturated heterocycles. The van der Waals surface area contributed by atoms with Gasteiger partial charge in [-0.05, 0) is 31.2 Å². The van der Waals surface area contributed by atoms with E-state index in [4.69, 9.17) is 23.2 Å². The Morgan fingerprint density at radius 3 is 2.81 bits per heavy atom. The maximum atomic E-state index is 12.4. The van der Waals surface area contributed by atoms with Crippen LogP contribution in [0.5, 0.6) is 0 Å². The number of nitrogens with two attached hydrogens (primary N) is 1. The Morgan fingerprint density at radius 2 is 2.08 bits per heavy atom. The molecule has 1 amide bonds. The molecule has 0 aliphatic carbocycles. The fourth-order valence-electron chi connectivity index (χ4n) is 2.60. The minimum atomic E-state index is -0.146. The molecule has 2 aromatic carbocycles. The third kappa shape index (κ3) is 4.40. The van der Waals surface area contributed by atoms with E-state index < -0.39 is 0 Å². The van der Waals surface area contributed by atoms with Crippen LogP contribution in [0.4, 0.5) is 5.69 Å². The van der Waals surface area contributed by atoms with Gasteiger partial charge in [0.2, 0.25) is 0 Å². The summed E-state index contributed by atoms with van der Waals surface area (Å²) in [5, 5.41) is 10.1. The molecular weight excluding hydrogens is 373 g/mol. The largest absolute Gasteiger partial charge is 0.332 e. The lowest BCUT2D eigenvalue weighted by molar-refractivity contribution is -0.682.